The monoisotopic (exact) mass is 1310 g/mol. The quantitative estimate of drug-likeness (QED) is 0.174. The van der Waals surface area contributed by atoms with Gasteiger partial charge in [-0.1, -0.05) is 304 Å². The zero-order valence-corrected chi connectivity index (χ0v) is 65.3. The number of aryl methyl sites for hydroxylation is 5. The maximum absolute atomic E-state index is 10.8. The van der Waals surface area contributed by atoms with E-state index in [2.05, 4.69) is 317 Å². The second-order valence-electron chi connectivity index (χ2n) is 38.1. The van der Waals surface area contributed by atoms with Crippen LogP contribution >= 0.6 is 11.6 Å². The van der Waals surface area contributed by atoms with Crippen molar-refractivity contribution < 1.29 is 10.2 Å². The van der Waals surface area contributed by atoms with Crippen molar-refractivity contribution in [1.29, 1.82) is 0 Å². The molecular formula is C93H131ClO2. The molecule has 0 atom stereocenters. The predicted molar refractivity (Wildman–Crippen MR) is 417 cm³/mol. The molecule has 0 saturated heterocycles. The third kappa shape index (κ3) is 20.4. The smallest absolute Gasteiger partial charge is 0.0902 e. The second-order valence-corrected chi connectivity index (χ2v) is 38.5. The molecule has 13 rings (SSSR count). The minimum Gasteiger partial charge on any atom is -0.385 e. The molecule has 6 aliphatic rings. The zero-order valence-electron chi connectivity index (χ0n) is 64.5. The SMILES string of the molecule is CC(C)(C)C1CC(O)(c2ccc3ccccc3c2)C1.Cc1ccc(C2(O)CC(C(C)(C)C)C2)cc1.Cc1ccc(C2CC(C(C)(C)C)C2)cc1.Cc1ccc(C2CC(C(C)(C)C)C2)cc1.Cc1ccc(C2CC(C(C)(C)C)C2)cc1Cl.Cc1cccc(C2CC(C(C)(C)C)C2)c1. The van der Waals surface area contributed by atoms with Crippen molar-refractivity contribution in [3.8, 4) is 0 Å². The van der Waals surface area contributed by atoms with Gasteiger partial charge in [-0.15, -0.1) is 0 Å². The molecule has 6 saturated carbocycles. The van der Waals surface area contributed by atoms with Gasteiger partial charge in [0.25, 0.3) is 0 Å². The van der Waals surface area contributed by atoms with Crippen LogP contribution < -0.4 is 0 Å². The van der Waals surface area contributed by atoms with Crippen LogP contribution in [0.3, 0.4) is 0 Å². The van der Waals surface area contributed by atoms with Crippen LogP contribution in [0.5, 0.6) is 0 Å². The lowest BCUT2D eigenvalue weighted by Crippen LogP contribution is -2.46. The molecule has 7 aromatic carbocycles. The molecule has 2 nitrogen and oxygen atoms in total. The zero-order chi connectivity index (χ0) is 70.7. The predicted octanol–water partition coefficient (Wildman–Crippen LogP) is 26.9. The Morgan fingerprint density at radius 2 is 0.604 bits per heavy atom. The van der Waals surface area contributed by atoms with Crippen LogP contribution in [-0.2, 0) is 11.2 Å². The Balaban J connectivity index is 0.000000148. The molecule has 522 valence electrons. The largest absolute Gasteiger partial charge is 0.385 e. The molecule has 7 aromatic rings. The van der Waals surface area contributed by atoms with Crippen molar-refractivity contribution in [1.82, 2.24) is 0 Å². The van der Waals surface area contributed by atoms with Crippen LogP contribution in [0.15, 0.2) is 158 Å². The fourth-order valence-electron chi connectivity index (χ4n) is 15.4. The van der Waals surface area contributed by atoms with E-state index in [0.29, 0.717) is 44.3 Å². The highest BCUT2D eigenvalue weighted by molar-refractivity contribution is 6.31. The third-order valence-electron chi connectivity index (χ3n) is 24.4. The van der Waals surface area contributed by atoms with Crippen molar-refractivity contribution >= 4 is 22.4 Å². The van der Waals surface area contributed by atoms with Crippen LogP contribution in [0.2, 0.25) is 5.02 Å². The summed E-state index contributed by atoms with van der Waals surface area (Å²) in [6, 6.07) is 56.7. The Morgan fingerprint density at radius 1 is 0.292 bits per heavy atom. The van der Waals surface area contributed by atoms with Crippen LogP contribution in [0.4, 0.5) is 0 Å². The molecule has 0 aromatic heterocycles. The molecule has 6 aliphatic carbocycles. The minimum atomic E-state index is -0.609. The number of halogens is 1. The van der Waals surface area contributed by atoms with Crippen LogP contribution in [0, 0.1) is 103 Å². The second kappa shape index (κ2) is 30.5. The van der Waals surface area contributed by atoms with Crippen molar-refractivity contribution in [2.45, 2.75) is 271 Å². The Kier molecular flexibility index (Phi) is 24.4. The van der Waals surface area contributed by atoms with Gasteiger partial charge in [-0.25, -0.2) is 0 Å². The van der Waals surface area contributed by atoms with Crippen molar-refractivity contribution in [2.24, 2.45) is 68.0 Å². The van der Waals surface area contributed by atoms with Gasteiger partial charge < -0.3 is 10.2 Å². The molecule has 96 heavy (non-hydrogen) atoms. The maximum atomic E-state index is 10.8. The average Bonchev–Trinajstić information content (AvgIpc) is 0.767. The van der Waals surface area contributed by atoms with E-state index in [0.717, 1.165) is 89.2 Å². The van der Waals surface area contributed by atoms with Crippen LogP contribution in [0.25, 0.3) is 10.8 Å². The van der Waals surface area contributed by atoms with Crippen molar-refractivity contribution in [3.05, 3.63) is 224 Å². The molecule has 0 spiro atoms. The van der Waals surface area contributed by atoms with E-state index < -0.39 is 11.2 Å². The molecule has 3 heteroatoms. The Labute approximate surface area is 592 Å². The first-order valence-electron chi connectivity index (χ1n) is 37.4. The normalized spacial score (nSPS) is 26.9. The third-order valence-corrected chi connectivity index (χ3v) is 24.8. The van der Waals surface area contributed by atoms with Gasteiger partial charge >= 0.3 is 0 Å². The lowest BCUT2D eigenvalue weighted by atomic mass is 9.58. The number of fused-ring (bicyclic) bond motifs is 1. The fraction of sp³-hybridized carbons (Fsp3) is 0.570. The van der Waals surface area contributed by atoms with Gasteiger partial charge in [0.1, 0.15) is 0 Å². The first kappa shape index (κ1) is 76.8. The van der Waals surface area contributed by atoms with Gasteiger partial charge in [-0.05, 0) is 265 Å². The first-order chi connectivity index (χ1) is 44.5. The summed E-state index contributed by atoms with van der Waals surface area (Å²) >= 11 is 6.17. The number of benzene rings is 7. The standard InChI is InChI=1S/C18H22O.C15H21Cl.C15H22O.3C15H22/c1-17(2,3)16-11-18(19,12-16)15-9-8-13-6-4-5-7-14(13)10-15;1-10-5-6-11(9-14(10)16)12-7-13(8-12)15(2,3)4;1-11-5-7-12(8-6-11)15(16)9-13(10-15)14(2,3)4;2*1-11-5-7-12(8-6-11)13-9-14(10-13)15(2,3)4;1-11-6-5-7-12(8-11)13-9-14(10-13)15(2,3)4/h4-10,16,19H,11-12H2,1-3H3;5-6,9,12-13H,7-8H2,1-4H3;5-8,13,16H,9-10H2,1-4H3;3*5-8,13-14H,9-10H2,1-4H3. The van der Waals surface area contributed by atoms with Gasteiger partial charge in [0.15, 0.2) is 0 Å². The van der Waals surface area contributed by atoms with Crippen molar-refractivity contribution in [2.75, 3.05) is 0 Å². The van der Waals surface area contributed by atoms with Gasteiger partial charge in [0, 0.05) is 5.02 Å². The van der Waals surface area contributed by atoms with Gasteiger partial charge in [-0.2, -0.15) is 0 Å². The van der Waals surface area contributed by atoms with Gasteiger partial charge in [0.05, 0.1) is 11.2 Å². The molecule has 0 radical (unpaired) electrons. The topological polar surface area (TPSA) is 40.5 Å². The summed E-state index contributed by atoms with van der Waals surface area (Å²) in [6.45, 7) is 52.5. The number of aliphatic hydroxyl groups is 2. The van der Waals surface area contributed by atoms with Crippen LogP contribution in [-0.4, -0.2) is 10.2 Å². The lowest BCUT2D eigenvalue weighted by molar-refractivity contribution is -0.112. The fourth-order valence-corrected chi connectivity index (χ4v) is 15.6. The highest BCUT2D eigenvalue weighted by Gasteiger charge is 2.50. The van der Waals surface area contributed by atoms with Crippen molar-refractivity contribution in [3.63, 3.8) is 0 Å². The molecular weight excluding hydrogens is 1180 g/mol. The molecule has 0 heterocycles. The lowest BCUT2D eigenvalue weighted by Gasteiger charge is -2.50. The Hall–Kier alpha value is -4.99. The summed E-state index contributed by atoms with van der Waals surface area (Å²) < 4.78 is 0. The Morgan fingerprint density at radius 3 is 0.958 bits per heavy atom. The Bertz CT molecular complexity index is 3490. The van der Waals surface area contributed by atoms with E-state index in [9.17, 15) is 10.2 Å². The summed E-state index contributed by atoms with van der Waals surface area (Å²) in [5.74, 6) is 8.11. The number of rotatable bonds is 6. The van der Waals surface area contributed by atoms with E-state index in [1.165, 1.54) is 95.5 Å². The van der Waals surface area contributed by atoms with E-state index in [1.54, 1.807) is 16.7 Å². The summed E-state index contributed by atoms with van der Waals surface area (Å²) in [5.41, 5.74) is 16.2. The van der Waals surface area contributed by atoms with E-state index in [1.807, 2.05) is 0 Å². The molecule has 6 fully saturated rings. The van der Waals surface area contributed by atoms with E-state index in [-0.39, 0.29) is 0 Å². The van der Waals surface area contributed by atoms with E-state index in [4.69, 9.17) is 11.6 Å². The summed E-state index contributed by atoms with van der Waals surface area (Å²) in [5, 5.41) is 24.6. The molecule has 0 aliphatic heterocycles. The molecule has 0 bridgehead atoms. The van der Waals surface area contributed by atoms with E-state index >= 15 is 0 Å². The number of hydrogen-bond acceptors (Lipinski definition) is 2. The first-order valence-corrected chi connectivity index (χ1v) is 37.8. The minimum absolute atomic E-state index is 0.295. The highest BCUT2D eigenvalue weighted by atomic mass is 35.5. The molecule has 0 unspecified atom stereocenters. The summed E-state index contributed by atoms with van der Waals surface area (Å²) in [4.78, 5) is 0. The van der Waals surface area contributed by atoms with Gasteiger partial charge in [-0.3, -0.25) is 0 Å². The van der Waals surface area contributed by atoms with Crippen LogP contribution in [0.1, 0.15) is 287 Å². The summed E-state index contributed by atoms with van der Waals surface area (Å²) in [6.07, 6.45) is 14.5. The number of hydrogen-bond donors (Lipinski definition) is 2. The highest BCUT2D eigenvalue weighted by Crippen LogP contribution is 2.56. The molecule has 2 N–H and O–H groups in total. The average molecular weight is 1320 g/mol. The molecule has 0 amide bonds. The van der Waals surface area contributed by atoms with Gasteiger partial charge in [0.2, 0.25) is 0 Å². The summed E-state index contributed by atoms with van der Waals surface area (Å²) in [7, 11) is 0. The maximum Gasteiger partial charge on any atom is 0.0902 e.